The van der Waals surface area contributed by atoms with Crippen molar-refractivity contribution < 1.29 is 14.6 Å². The van der Waals surface area contributed by atoms with E-state index >= 15 is 0 Å². The highest BCUT2D eigenvalue weighted by Crippen LogP contribution is 2.23. The van der Waals surface area contributed by atoms with Gasteiger partial charge in [-0.1, -0.05) is 33.1 Å². The van der Waals surface area contributed by atoms with E-state index in [-0.39, 0.29) is 18.7 Å². The minimum Gasteiger partial charge on any atom is -0.449 e. The van der Waals surface area contributed by atoms with Crippen LogP contribution in [0, 0.1) is 11.8 Å². The van der Waals surface area contributed by atoms with Crippen LogP contribution in [0.3, 0.4) is 0 Å². The van der Waals surface area contributed by atoms with Gasteiger partial charge < -0.3 is 15.2 Å². The standard InChI is InChI=1S/C14H27NO3/c1-11(2)8-13(9-16)15-14(17)18-10-12-6-4-3-5-7-12/h11-13,16H,3-10H2,1-2H3,(H,15,17). The number of aliphatic hydroxyl groups excluding tert-OH is 1. The first kappa shape index (κ1) is 15.3. The molecule has 18 heavy (non-hydrogen) atoms. The Balaban J connectivity index is 2.18. The fourth-order valence-corrected chi connectivity index (χ4v) is 2.50. The zero-order chi connectivity index (χ0) is 13.4. The first-order valence-electron chi connectivity index (χ1n) is 7.16. The molecule has 0 spiro atoms. The number of alkyl carbamates (subject to hydrolysis) is 1. The molecule has 0 aromatic heterocycles. The van der Waals surface area contributed by atoms with Gasteiger partial charge in [0.25, 0.3) is 0 Å². The molecule has 0 bridgehead atoms. The minimum atomic E-state index is -0.389. The van der Waals surface area contributed by atoms with Crippen molar-refractivity contribution in [2.75, 3.05) is 13.2 Å². The van der Waals surface area contributed by atoms with Crippen molar-refractivity contribution in [2.45, 2.75) is 58.4 Å². The summed E-state index contributed by atoms with van der Waals surface area (Å²) in [5.41, 5.74) is 0. The van der Waals surface area contributed by atoms with Crippen LogP contribution < -0.4 is 5.32 Å². The monoisotopic (exact) mass is 257 g/mol. The molecular formula is C14H27NO3. The van der Waals surface area contributed by atoms with E-state index in [0.29, 0.717) is 18.4 Å². The number of rotatable bonds is 6. The molecule has 2 N–H and O–H groups in total. The Morgan fingerprint density at radius 2 is 2.00 bits per heavy atom. The van der Waals surface area contributed by atoms with Crippen LogP contribution in [0.25, 0.3) is 0 Å². The summed E-state index contributed by atoms with van der Waals surface area (Å²) in [6, 6.07) is -0.191. The summed E-state index contributed by atoms with van der Waals surface area (Å²) in [4.78, 5) is 11.6. The second-order valence-corrected chi connectivity index (χ2v) is 5.76. The van der Waals surface area contributed by atoms with Crippen LogP contribution in [0.4, 0.5) is 4.79 Å². The smallest absolute Gasteiger partial charge is 0.407 e. The summed E-state index contributed by atoms with van der Waals surface area (Å²) in [5.74, 6) is 0.975. The molecule has 0 aromatic rings. The van der Waals surface area contributed by atoms with Crippen molar-refractivity contribution in [3.8, 4) is 0 Å². The average molecular weight is 257 g/mol. The Morgan fingerprint density at radius 3 is 2.56 bits per heavy atom. The van der Waals surface area contributed by atoms with Crippen LogP contribution in [0.5, 0.6) is 0 Å². The fourth-order valence-electron chi connectivity index (χ4n) is 2.50. The van der Waals surface area contributed by atoms with Crippen LogP contribution in [0.1, 0.15) is 52.4 Å². The number of carbonyl (C=O) groups excluding carboxylic acids is 1. The van der Waals surface area contributed by atoms with Gasteiger partial charge in [0.15, 0.2) is 0 Å². The summed E-state index contributed by atoms with van der Waals surface area (Å²) in [5, 5.41) is 11.9. The normalized spacial score (nSPS) is 18.7. The van der Waals surface area contributed by atoms with Gasteiger partial charge in [0, 0.05) is 0 Å². The molecule has 1 aliphatic rings. The molecule has 1 saturated carbocycles. The Morgan fingerprint density at radius 1 is 1.33 bits per heavy atom. The van der Waals surface area contributed by atoms with E-state index in [9.17, 15) is 9.90 Å². The van der Waals surface area contributed by atoms with E-state index in [2.05, 4.69) is 19.2 Å². The van der Waals surface area contributed by atoms with Gasteiger partial charge >= 0.3 is 6.09 Å². The van der Waals surface area contributed by atoms with Gasteiger partial charge in [0.1, 0.15) is 0 Å². The number of ether oxygens (including phenoxy) is 1. The lowest BCUT2D eigenvalue weighted by atomic mass is 9.90. The van der Waals surface area contributed by atoms with E-state index in [1.54, 1.807) is 0 Å². The molecular weight excluding hydrogens is 230 g/mol. The van der Waals surface area contributed by atoms with E-state index in [1.807, 2.05) is 0 Å². The quantitative estimate of drug-likeness (QED) is 0.769. The Bertz CT molecular complexity index is 237. The van der Waals surface area contributed by atoms with Gasteiger partial charge in [0.05, 0.1) is 19.3 Å². The second-order valence-electron chi connectivity index (χ2n) is 5.76. The van der Waals surface area contributed by atoms with Crippen molar-refractivity contribution in [2.24, 2.45) is 11.8 Å². The second kappa shape index (κ2) is 8.35. The SMILES string of the molecule is CC(C)CC(CO)NC(=O)OCC1CCCCC1. The highest BCUT2D eigenvalue weighted by atomic mass is 16.5. The molecule has 1 unspecified atom stereocenters. The maximum Gasteiger partial charge on any atom is 0.407 e. The third-order valence-corrected chi connectivity index (χ3v) is 3.47. The average Bonchev–Trinajstić information content (AvgIpc) is 2.36. The van der Waals surface area contributed by atoms with Crippen LogP contribution in [-0.4, -0.2) is 30.5 Å². The van der Waals surface area contributed by atoms with Crippen molar-refractivity contribution in [3.05, 3.63) is 0 Å². The van der Waals surface area contributed by atoms with Gasteiger partial charge in [0.2, 0.25) is 0 Å². The van der Waals surface area contributed by atoms with Crippen molar-refractivity contribution in [3.63, 3.8) is 0 Å². The maximum atomic E-state index is 11.6. The molecule has 1 amide bonds. The van der Waals surface area contributed by atoms with Gasteiger partial charge in [-0.25, -0.2) is 4.79 Å². The topological polar surface area (TPSA) is 58.6 Å². The van der Waals surface area contributed by atoms with Crippen molar-refractivity contribution in [1.82, 2.24) is 5.32 Å². The predicted molar refractivity (Wildman–Crippen MR) is 71.4 cm³/mol. The van der Waals surface area contributed by atoms with E-state index in [4.69, 9.17) is 4.74 Å². The largest absolute Gasteiger partial charge is 0.449 e. The summed E-state index contributed by atoms with van der Waals surface area (Å²) in [6.45, 7) is 4.62. The third kappa shape index (κ3) is 6.24. The van der Waals surface area contributed by atoms with E-state index in [1.165, 1.54) is 32.1 Å². The predicted octanol–water partition coefficient (Wildman–Crippen LogP) is 2.70. The maximum absolute atomic E-state index is 11.6. The molecule has 1 aliphatic carbocycles. The van der Waals surface area contributed by atoms with Crippen LogP contribution in [-0.2, 0) is 4.74 Å². The lowest BCUT2D eigenvalue weighted by molar-refractivity contribution is 0.107. The molecule has 0 radical (unpaired) electrons. The molecule has 0 aliphatic heterocycles. The first-order valence-corrected chi connectivity index (χ1v) is 7.16. The van der Waals surface area contributed by atoms with E-state index < -0.39 is 0 Å². The van der Waals surface area contributed by atoms with Crippen LogP contribution in [0.15, 0.2) is 0 Å². The summed E-state index contributed by atoms with van der Waals surface area (Å²) in [6.07, 6.45) is 6.54. The Labute approximate surface area is 110 Å². The van der Waals surface area contributed by atoms with Crippen LogP contribution >= 0.6 is 0 Å². The molecule has 1 rings (SSSR count). The first-order chi connectivity index (χ1) is 8.61. The van der Waals surface area contributed by atoms with Gasteiger partial charge in [-0.3, -0.25) is 0 Å². The lowest BCUT2D eigenvalue weighted by Crippen LogP contribution is -2.39. The van der Waals surface area contributed by atoms with Crippen molar-refractivity contribution in [1.29, 1.82) is 0 Å². The highest BCUT2D eigenvalue weighted by Gasteiger charge is 2.17. The summed E-state index contributed by atoms with van der Waals surface area (Å²) in [7, 11) is 0. The van der Waals surface area contributed by atoms with Crippen LogP contribution in [0.2, 0.25) is 0 Å². The molecule has 4 nitrogen and oxygen atoms in total. The number of carbonyl (C=O) groups is 1. The number of nitrogens with one attached hydrogen (secondary N) is 1. The molecule has 1 atom stereocenters. The number of amides is 1. The molecule has 1 fully saturated rings. The summed E-state index contributed by atoms with van der Waals surface area (Å²) < 4.78 is 5.23. The number of aliphatic hydroxyl groups is 1. The third-order valence-electron chi connectivity index (χ3n) is 3.47. The van der Waals surface area contributed by atoms with E-state index in [0.717, 1.165) is 6.42 Å². The zero-order valence-electron chi connectivity index (χ0n) is 11.7. The molecule has 0 aromatic carbocycles. The van der Waals surface area contributed by atoms with Gasteiger partial charge in [-0.15, -0.1) is 0 Å². The zero-order valence-corrected chi connectivity index (χ0v) is 11.7. The fraction of sp³-hybridized carbons (Fsp3) is 0.929. The Hall–Kier alpha value is -0.770. The highest BCUT2D eigenvalue weighted by molar-refractivity contribution is 5.67. The molecule has 106 valence electrons. The van der Waals surface area contributed by atoms with Gasteiger partial charge in [-0.05, 0) is 31.1 Å². The van der Waals surface area contributed by atoms with Gasteiger partial charge in [-0.2, -0.15) is 0 Å². The molecule has 4 heteroatoms. The number of hydrogen-bond acceptors (Lipinski definition) is 3. The molecule has 0 heterocycles. The molecule has 0 saturated heterocycles. The lowest BCUT2D eigenvalue weighted by Gasteiger charge is -2.22. The summed E-state index contributed by atoms with van der Waals surface area (Å²) >= 11 is 0. The van der Waals surface area contributed by atoms with Crippen molar-refractivity contribution >= 4 is 6.09 Å². The number of hydrogen-bond donors (Lipinski definition) is 2. The Kier molecular flexibility index (Phi) is 7.09. The minimum absolute atomic E-state index is 0.0310.